The molecule has 0 heterocycles. The number of nitrogens with zero attached hydrogens (tertiary/aromatic N) is 2. The molecule has 4 aromatic carbocycles. The zero-order chi connectivity index (χ0) is 23.3. The third kappa shape index (κ3) is 7.68. The highest BCUT2D eigenvalue weighted by molar-refractivity contribution is 5.81. The molecule has 2 nitrogen and oxygen atoms in total. The number of benzene rings is 4. The number of hydrogen-bond donors (Lipinski definition) is 0. The van der Waals surface area contributed by atoms with Crippen LogP contribution in [0.4, 0.5) is 11.4 Å². The van der Waals surface area contributed by atoms with Crippen LogP contribution in [0, 0.1) is 0 Å². The van der Waals surface area contributed by atoms with E-state index in [-0.39, 0.29) is 0 Å². The first kappa shape index (κ1) is 22.9. The Kier molecular flexibility index (Phi) is 8.52. The molecule has 4 aromatic rings. The van der Waals surface area contributed by atoms with E-state index in [9.17, 15) is 0 Å². The Labute approximate surface area is 202 Å². The van der Waals surface area contributed by atoms with Crippen LogP contribution in [0.3, 0.4) is 0 Å². The molecule has 0 N–H and O–H groups in total. The van der Waals surface area contributed by atoms with Crippen LogP contribution in [0.2, 0.25) is 0 Å². The monoisotopic (exact) mass is 440 g/mol. The molecule has 0 aliphatic heterocycles. The van der Waals surface area contributed by atoms with E-state index in [0.717, 1.165) is 24.2 Å². The summed E-state index contributed by atoms with van der Waals surface area (Å²) >= 11 is 0. The fraction of sp³-hybridized carbons (Fsp3) is 0.0625. The lowest BCUT2D eigenvalue weighted by molar-refractivity contribution is 0.960. The minimum atomic E-state index is 0.963. The van der Waals surface area contributed by atoms with Gasteiger partial charge in [0.2, 0.25) is 0 Å². The minimum absolute atomic E-state index is 0.963. The van der Waals surface area contributed by atoms with Crippen molar-refractivity contribution in [2.45, 2.75) is 12.8 Å². The number of hydrogen-bond acceptors (Lipinski definition) is 2. The van der Waals surface area contributed by atoms with Crippen molar-refractivity contribution in [2.75, 3.05) is 0 Å². The molecule has 0 bridgehead atoms. The molecule has 0 saturated heterocycles. The van der Waals surface area contributed by atoms with E-state index in [0.29, 0.717) is 0 Å². The van der Waals surface area contributed by atoms with Gasteiger partial charge in [0.05, 0.1) is 11.4 Å². The van der Waals surface area contributed by atoms with Gasteiger partial charge < -0.3 is 0 Å². The Hall–Kier alpha value is -4.30. The van der Waals surface area contributed by atoms with E-state index in [1.54, 1.807) is 0 Å². The lowest BCUT2D eigenvalue weighted by atomic mass is 10.0. The van der Waals surface area contributed by atoms with Crippen molar-refractivity contribution in [3.05, 3.63) is 144 Å². The molecular formula is C32H28N2. The zero-order valence-electron chi connectivity index (χ0n) is 19.2. The van der Waals surface area contributed by atoms with Crippen molar-refractivity contribution in [1.29, 1.82) is 0 Å². The minimum Gasteiger partial charge on any atom is -0.257 e. The van der Waals surface area contributed by atoms with Crippen LogP contribution in [0.1, 0.15) is 22.3 Å². The maximum Gasteiger partial charge on any atom is 0.0629 e. The molecule has 0 amide bonds. The molecule has 4 rings (SSSR count). The summed E-state index contributed by atoms with van der Waals surface area (Å²) in [4.78, 5) is 9.02. The molecule has 0 saturated carbocycles. The molecular weight excluding hydrogens is 412 g/mol. The van der Waals surface area contributed by atoms with E-state index < -0.39 is 0 Å². The lowest BCUT2D eigenvalue weighted by Crippen LogP contribution is -1.90. The van der Waals surface area contributed by atoms with E-state index >= 15 is 0 Å². The second kappa shape index (κ2) is 12.7. The van der Waals surface area contributed by atoms with Crippen molar-refractivity contribution < 1.29 is 0 Å². The second-order valence-electron chi connectivity index (χ2n) is 7.93. The molecule has 0 spiro atoms. The van der Waals surface area contributed by atoms with Crippen molar-refractivity contribution in [3.8, 4) is 0 Å². The van der Waals surface area contributed by atoms with Crippen LogP contribution < -0.4 is 0 Å². The molecule has 0 unspecified atom stereocenters. The standard InChI is InChI=1S/C32H28N2/c1-3-9-27(10-4-1)13-7-25-33-31-21-17-29(18-22-31)15-16-30-19-23-32(24-20-30)34-26-8-14-28-11-5-2-6-12-28/h1-14,17-26H,15-16H2. The van der Waals surface area contributed by atoms with Gasteiger partial charge in [-0.15, -0.1) is 0 Å². The van der Waals surface area contributed by atoms with Crippen LogP contribution in [-0.2, 0) is 12.8 Å². The van der Waals surface area contributed by atoms with Gasteiger partial charge in [-0.3, -0.25) is 9.98 Å². The topological polar surface area (TPSA) is 24.7 Å². The van der Waals surface area contributed by atoms with Crippen LogP contribution in [0.25, 0.3) is 12.2 Å². The van der Waals surface area contributed by atoms with Gasteiger partial charge in [-0.05, 0) is 71.5 Å². The predicted molar refractivity (Wildman–Crippen MR) is 148 cm³/mol. The zero-order valence-corrected chi connectivity index (χ0v) is 19.2. The highest BCUT2D eigenvalue weighted by atomic mass is 14.7. The predicted octanol–water partition coefficient (Wildman–Crippen LogP) is 8.30. The number of allylic oxidation sites excluding steroid dienone is 2. The molecule has 0 aliphatic rings. The first-order valence-electron chi connectivity index (χ1n) is 11.5. The molecule has 0 aromatic heterocycles. The van der Waals surface area contributed by atoms with Crippen molar-refractivity contribution in [2.24, 2.45) is 9.98 Å². The highest BCUT2D eigenvalue weighted by Gasteiger charge is 1.97. The van der Waals surface area contributed by atoms with Gasteiger partial charge in [-0.2, -0.15) is 0 Å². The number of aryl methyl sites for hydroxylation is 2. The number of rotatable bonds is 9. The summed E-state index contributed by atoms with van der Waals surface area (Å²) in [6.07, 6.45) is 13.7. The van der Waals surface area contributed by atoms with Crippen molar-refractivity contribution in [3.63, 3.8) is 0 Å². The summed E-state index contributed by atoms with van der Waals surface area (Å²) in [5.41, 5.74) is 6.89. The Bertz CT molecular complexity index is 1150. The fourth-order valence-corrected chi connectivity index (χ4v) is 3.48. The van der Waals surface area contributed by atoms with E-state index in [4.69, 9.17) is 0 Å². The van der Waals surface area contributed by atoms with Gasteiger partial charge in [-0.25, -0.2) is 0 Å². The summed E-state index contributed by atoms with van der Waals surface area (Å²) in [5, 5.41) is 0. The van der Waals surface area contributed by atoms with Gasteiger partial charge in [0.1, 0.15) is 0 Å². The van der Waals surface area contributed by atoms with Gasteiger partial charge in [0.25, 0.3) is 0 Å². The first-order valence-corrected chi connectivity index (χ1v) is 11.5. The average Bonchev–Trinajstić information content (AvgIpc) is 2.90. The average molecular weight is 441 g/mol. The molecule has 2 heteroatoms. The summed E-state index contributed by atoms with van der Waals surface area (Å²) < 4.78 is 0. The van der Waals surface area contributed by atoms with Gasteiger partial charge in [0.15, 0.2) is 0 Å². The SMILES string of the molecule is C(=Cc1ccccc1)C=Nc1ccc(CCc2ccc(N=CC=Cc3ccccc3)cc2)cc1. The first-order chi connectivity index (χ1) is 16.8. The van der Waals surface area contributed by atoms with Crippen LogP contribution in [-0.4, -0.2) is 12.4 Å². The molecule has 0 aliphatic carbocycles. The molecule has 166 valence electrons. The van der Waals surface area contributed by atoms with E-state index in [1.807, 2.05) is 61.0 Å². The number of aliphatic imine (C=N–C) groups is 2. The summed E-state index contributed by atoms with van der Waals surface area (Å²) in [6, 6.07) is 37.4. The van der Waals surface area contributed by atoms with Crippen LogP contribution in [0.15, 0.2) is 131 Å². The smallest absolute Gasteiger partial charge is 0.0629 e. The molecule has 0 radical (unpaired) electrons. The van der Waals surface area contributed by atoms with Crippen molar-refractivity contribution in [1.82, 2.24) is 0 Å². The Morgan fingerprint density at radius 1 is 0.441 bits per heavy atom. The van der Waals surface area contributed by atoms with Crippen molar-refractivity contribution >= 4 is 36.0 Å². The van der Waals surface area contributed by atoms with Crippen LogP contribution >= 0.6 is 0 Å². The summed E-state index contributed by atoms with van der Waals surface area (Å²) in [5.74, 6) is 0. The van der Waals surface area contributed by atoms with Crippen LogP contribution in [0.5, 0.6) is 0 Å². The maximum absolute atomic E-state index is 4.51. The van der Waals surface area contributed by atoms with Gasteiger partial charge in [-0.1, -0.05) is 97.1 Å². The Morgan fingerprint density at radius 3 is 1.21 bits per heavy atom. The lowest BCUT2D eigenvalue weighted by Gasteiger charge is -2.03. The normalized spacial score (nSPS) is 11.9. The van der Waals surface area contributed by atoms with E-state index in [2.05, 4.69) is 94.9 Å². The molecule has 34 heavy (non-hydrogen) atoms. The highest BCUT2D eigenvalue weighted by Crippen LogP contribution is 2.17. The molecule has 0 fully saturated rings. The Balaban J connectivity index is 1.23. The fourth-order valence-electron chi connectivity index (χ4n) is 3.48. The Morgan fingerprint density at radius 2 is 0.824 bits per heavy atom. The maximum atomic E-state index is 4.51. The second-order valence-corrected chi connectivity index (χ2v) is 7.93. The van der Waals surface area contributed by atoms with Gasteiger partial charge >= 0.3 is 0 Å². The quantitative estimate of drug-likeness (QED) is 0.234. The van der Waals surface area contributed by atoms with E-state index in [1.165, 1.54) is 22.3 Å². The largest absolute Gasteiger partial charge is 0.257 e. The summed E-state index contributed by atoms with van der Waals surface area (Å²) in [6.45, 7) is 0. The summed E-state index contributed by atoms with van der Waals surface area (Å²) in [7, 11) is 0. The third-order valence-corrected chi connectivity index (χ3v) is 5.37. The molecule has 0 atom stereocenters. The van der Waals surface area contributed by atoms with Gasteiger partial charge in [0, 0.05) is 12.4 Å². The third-order valence-electron chi connectivity index (χ3n) is 5.37.